The van der Waals surface area contributed by atoms with Gasteiger partial charge in [0, 0.05) is 38.9 Å². The standard InChI is InChI=1S/C34H38N6O4/c1-24-11-13-25(14-12-24)20-35-33(42)30-31(44-23-26-9-5-3-6-10-26)34(43)40-21-27(38-15-7-4-8-16-38)19-28(32(40)36-30)39-18-17-37(2)22-29(39)41/h3,5-6,9-14,19,21H,4,7-8,15-18,20,22-23H2,1-2H3,(H,35,42). The van der Waals surface area contributed by atoms with Gasteiger partial charge in [-0.1, -0.05) is 60.2 Å². The number of anilines is 2. The van der Waals surface area contributed by atoms with Crippen molar-refractivity contribution in [1.29, 1.82) is 0 Å². The number of ether oxygens (including phenoxy) is 1. The van der Waals surface area contributed by atoms with Crippen molar-refractivity contribution < 1.29 is 14.3 Å². The number of aryl methyl sites for hydroxylation is 1. The highest BCUT2D eigenvalue weighted by atomic mass is 16.5. The lowest BCUT2D eigenvalue weighted by molar-refractivity contribution is -0.120. The van der Waals surface area contributed by atoms with Gasteiger partial charge in [0.15, 0.2) is 11.3 Å². The molecule has 44 heavy (non-hydrogen) atoms. The van der Waals surface area contributed by atoms with Crippen molar-refractivity contribution in [2.45, 2.75) is 39.3 Å². The molecule has 2 aliphatic rings. The van der Waals surface area contributed by atoms with Crippen molar-refractivity contribution in [2.75, 3.05) is 49.6 Å². The van der Waals surface area contributed by atoms with Gasteiger partial charge in [-0.15, -0.1) is 0 Å². The molecule has 1 N–H and O–H groups in total. The van der Waals surface area contributed by atoms with Crippen LogP contribution in [-0.4, -0.2) is 65.9 Å². The Bertz CT molecular complexity index is 1710. The number of aromatic nitrogens is 2. The molecule has 0 unspecified atom stereocenters. The summed E-state index contributed by atoms with van der Waals surface area (Å²) < 4.78 is 7.55. The van der Waals surface area contributed by atoms with Gasteiger partial charge in [0.05, 0.1) is 17.9 Å². The van der Waals surface area contributed by atoms with Crippen LogP contribution in [-0.2, 0) is 17.9 Å². The molecule has 0 saturated carbocycles. The largest absolute Gasteiger partial charge is 0.481 e. The minimum atomic E-state index is -0.524. The fourth-order valence-electron chi connectivity index (χ4n) is 5.75. The number of fused-ring (bicyclic) bond motifs is 1. The van der Waals surface area contributed by atoms with Crippen molar-refractivity contribution in [3.05, 3.63) is 99.6 Å². The Kier molecular flexibility index (Phi) is 8.60. The van der Waals surface area contributed by atoms with Gasteiger partial charge in [-0.25, -0.2) is 4.98 Å². The first-order valence-corrected chi connectivity index (χ1v) is 15.2. The highest BCUT2D eigenvalue weighted by Crippen LogP contribution is 2.30. The first kappa shape index (κ1) is 29.4. The van der Waals surface area contributed by atoms with E-state index in [0.29, 0.717) is 18.8 Å². The summed E-state index contributed by atoms with van der Waals surface area (Å²) in [6, 6.07) is 19.3. The molecule has 2 aromatic heterocycles. The summed E-state index contributed by atoms with van der Waals surface area (Å²) in [6.07, 6.45) is 5.04. The molecule has 0 spiro atoms. The maximum atomic E-state index is 14.3. The van der Waals surface area contributed by atoms with E-state index in [0.717, 1.165) is 54.7 Å². The number of hydrogen-bond acceptors (Lipinski definition) is 7. The number of carbonyl (C=O) groups excluding carboxylic acids is 2. The predicted molar refractivity (Wildman–Crippen MR) is 170 cm³/mol. The van der Waals surface area contributed by atoms with Crippen LogP contribution in [0.3, 0.4) is 0 Å². The number of amides is 2. The van der Waals surface area contributed by atoms with Gasteiger partial charge in [0.2, 0.25) is 11.7 Å². The van der Waals surface area contributed by atoms with Crippen LogP contribution in [0.2, 0.25) is 0 Å². The second-order valence-corrected chi connectivity index (χ2v) is 11.6. The normalized spacial score (nSPS) is 15.9. The lowest BCUT2D eigenvalue weighted by Gasteiger charge is -2.34. The van der Waals surface area contributed by atoms with E-state index in [9.17, 15) is 14.4 Å². The van der Waals surface area contributed by atoms with Crippen LogP contribution in [0.1, 0.15) is 46.4 Å². The van der Waals surface area contributed by atoms with E-state index in [1.54, 1.807) is 11.1 Å². The molecule has 2 fully saturated rings. The maximum absolute atomic E-state index is 14.3. The van der Waals surface area contributed by atoms with Crippen molar-refractivity contribution in [1.82, 2.24) is 19.6 Å². The molecule has 0 bridgehead atoms. The van der Waals surface area contributed by atoms with Crippen LogP contribution in [0.15, 0.2) is 71.7 Å². The second kappa shape index (κ2) is 12.9. The molecule has 2 amide bonds. The van der Waals surface area contributed by atoms with Crippen LogP contribution in [0.4, 0.5) is 11.4 Å². The third-order valence-corrected chi connectivity index (χ3v) is 8.29. The molecule has 0 radical (unpaired) electrons. The third-order valence-electron chi connectivity index (χ3n) is 8.29. The Hall–Kier alpha value is -4.70. The van der Waals surface area contributed by atoms with Crippen LogP contribution in [0.5, 0.6) is 5.75 Å². The molecule has 2 saturated heterocycles. The summed E-state index contributed by atoms with van der Waals surface area (Å²) in [5, 5.41) is 2.92. The summed E-state index contributed by atoms with van der Waals surface area (Å²) in [7, 11) is 1.91. The number of nitrogens with one attached hydrogen (secondary N) is 1. The van der Waals surface area contributed by atoms with Gasteiger partial charge < -0.3 is 19.9 Å². The van der Waals surface area contributed by atoms with Gasteiger partial charge in [0.25, 0.3) is 5.91 Å². The van der Waals surface area contributed by atoms with E-state index in [1.165, 1.54) is 4.40 Å². The number of pyridine rings is 1. The van der Waals surface area contributed by atoms with Gasteiger partial charge in [0.1, 0.15) is 6.61 Å². The number of nitrogens with zero attached hydrogens (tertiary/aromatic N) is 5. The maximum Gasteiger partial charge on any atom is 0.301 e. The van der Waals surface area contributed by atoms with Crippen LogP contribution < -0.4 is 25.4 Å². The molecule has 0 atom stereocenters. The molecular formula is C34H38N6O4. The fourth-order valence-corrected chi connectivity index (χ4v) is 5.75. The first-order valence-electron chi connectivity index (χ1n) is 15.2. The van der Waals surface area contributed by atoms with E-state index in [4.69, 9.17) is 9.72 Å². The molecular weight excluding hydrogens is 556 g/mol. The molecule has 0 aliphatic carbocycles. The zero-order valence-corrected chi connectivity index (χ0v) is 25.3. The number of rotatable bonds is 8. The van der Waals surface area contributed by atoms with Gasteiger partial charge in [-0.3, -0.25) is 23.7 Å². The molecule has 10 heteroatoms. The highest BCUT2D eigenvalue weighted by Gasteiger charge is 2.29. The van der Waals surface area contributed by atoms with Crippen molar-refractivity contribution in [3.63, 3.8) is 0 Å². The Balaban J connectivity index is 1.47. The monoisotopic (exact) mass is 594 g/mol. The summed E-state index contributed by atoms with van der Waals surface area (Å²) >= 11 is 0. The Labute approximate surface area is 256 Å². The predicted octanol–water partition coefficient (Wildman–Crippen LogP) is 3.78. The third kappa shape index (κ3) is 6.30. The molecule has 4 aromatic rings. The SMILES string of the molecule is Cc1ccc(CNC(=O)c2nc3c(N4CCN(C)CC4=O)cc(N4CCCCC4)cn3c(=O)c2OCc2ccccc2)cc1. The van der Waals surface area contributed by atoms with Gasteiger partial charge in [-0.05, 0) is 50.4 Å². The van der Waals surface area contributed by atoms with Crippen LogP contribution in [0.25, 0.3) is 5.65 Å². The number of likely N-dealkylation sites (N-methyl/N-ethyl adjacent to an activating group) is 1. The Morgan fingerprint density at radius 1 is 0.932 bits per heavy atom. The average Bonchev–Trinajstić information content (AvgIpc) is 3.04. The minimum Gasteiger partial charge on any atom is -0.481 e. The van der Waals surface area contributed by atoms with Crippen LogP contribution in [0, 0.1) is 6.92 Å². The average molecular weight is 595 g/mol. The molecule has 10 nitrogen and oxygen atoms in total. The van der Waals surface area contributed by atoms with E-state index in [2.05, 4.69) is 10.2 Å². The van der Waals surface area contributed by atoms with Gasteiger partial charge >= 0.3 is 5.56 Å². The van der Waals surface area contributed by atoms with Crippen LogP contribution >= 0.6 is 0 Å². The number of carbonyl (C=O) groups is 2. The lowest BCUT2D eigenvalue weighted by Crippen LogP contribution is -2.49. The molecule has 6 rings (SSSR count). The first-order chi connectivity index (χ1) is 21.4. The van der Waals surface area contributed by atoms with E-state index in [-0.39, 0.29) is 42.7 Å². The zero-order valence-electron chi connectivity index (χ0n) is 25.3. The second-order valence-electron chi connectivity index (χ2n) is 11.6. The molecule has 2 aromatic carbocycles. The molecule has 228 valence electrons. The number of hydrogen-bond donors (Lipinski definition) is 1. The number of piperidine rings is 1. The van der Waals surface area contributed by atoms with Crippen molar-refractivity contribution in [3.8, 4) is 5.75 Å². The number of benzene rings is 2. The Morgan fingerprint density at radius 2 is 1.68 bits per heavy atom. The van der Waals surface area contributed by atoms with E-state index < -0.39 is 11.5 Å². The van der Waals surface area contributed by atoms with Gasteiger partial charge in [-0.2, -0.15) is 0 Å². The highest BCUT2D eigenvalue weighted by molar-refractivity contribution is 6.00. The molecule has 2 aliphatic heterocycles. The quantitative estimate of drug-likeness (QED) is 0.332. The summed E-state index contributed by atoms with van der Waals surface area (Å²) in [4.78, 5) is 52.0. The Morgan fingerprint density at radius 3 is 2.41 bits per heavy atom. The summed E-state index contributed by atoms with van der Waals surface area (Å²) in [6.45, 7) is 5.47. The lowest BCUT2D eigenvalue weighted by atomic mass is 10.1. The fraction of sp³-hybridized carbons (Fsp3) is 0.353. The smallest absolute Gasteiger partial charge is 0.301 e. The van der Waals surface area contributed by atoms with Crippen molar-refractivity contribution >= 4 is 28.8 Å². The molecule has 4 heterocycles. The topological polar surface area (TPSA) is 99.5 Å². The number of piperazine rings is 1. The zero-order chi connectivity index (χ0) is 30.6. The summed E-state index contributed by atoms with van der Waals surface area (Å²) in [5.74, 6) is -0.733. The minimum absolute atomic E-state index is 0.0829. The van der Waals surface area contributed by atoms with Crippen molar-refractivity contribution in [2.24, 2.45) is 0 Å². The van der Waals surface area contributed by atoms with E-state index in [1.807, 2.05) is 79.5 Å². The van der Waals surface area contributed by atoms with E-state index >= 15 is 0 Å². The summed E-state index contributed by atoms with van der Waals surface area (Å²) in [5.41, 5.74) is 3.91.